The zero-order valence-corrected chi connectivity index (χ0v) is 13.4. The highest BCUT2D eigenvalue weighted by molar-refractivity contribution is 7.98. The fourth-order valence-electron chi connectivity index (χ4n) is 1.78. The predicted molar refractivity (Wildman–Crippen MR) is 82.2 cm³/mol. The van der Waals surface area contributed by atoms with Crippen LogP contribution in [0.1, 0.15) is 0 Å². The van der Waals surface area contributed by atoms with E-state index in [-0.39, 0.29) is 5.69 Å². The molecular weight excluding hydrogens is 351 g/mol. The molecule has 0 fully saturated rings. The molecule has 0 atom stereocenters. The summed E-state index contributed by atoms with van der Waals surface area (Å²) in [5.41, 5.74) is 0.249. The van der Waals surface area contributed by atoms with E-state index in [2.05, 4.69) is 9.46 Å². The van der Waals surface area contributed by atoms with Crippen molar-refractivity contribution in [1.82, 2.24) is 0 Å². The minimum absolute atomic E-state index is 0.249. The number of para-hydroxylation sites is 1. The lowest BCUT2D eigenvalue weighted by atomic mass is 10.3. The molecule has 2 aromatic rings. The fraction of sp³-hybridized carbons (Fsp3) is 0.143. The highest BCUT2D eigenvalue weighted by atomic mass is 32.2. The van der Waals surface area contributed by atoms with Crippen LogP contribution < -0.4 is 9.46 Å². The molecule has 0 saturated heterocycles. The average Bonchev–Trinajstić information content (AvgIpc) is 2.45. The lowest BCUT2D eigenvalue weighted by Gasteiger charge is -2.14. The van der Waals surface area contributed by atoms with Gasteiger partial charge in [-0.1, -0.05) is 18.2 Å². The summed E-state index contributed by atoms with van der Waals surface area (Å²) in [7, 11) is -4.23. The number of halogens is 3. The molecule has 9 heteroatoms. The molecule has 0 aliphatic carbocycles. The summed E-state index contributed by atoms with van der Waals surface area (Å²) in [6.07, 6.45) is -3.16. The third-order valence-electron chi connectivity index (χ3n) is 2.69. The van der Waals surface area contributed by atoms with Gasteiger partial charge in [-0.15, -0.1) is 24.9 Å². The first-order chi connectivity index (χ1) is 10.7. The Hall–Kier alpha value is -1.87. The number of hydrogen-bond donors (Lipinski definition) is 1. The Morgan fingerprint density at radius 2 is 1.78 bits per heavy atom. The second-order valence-electron chi connectivity index (χ2n) is 4.33. The van der Waals surface area contributed by atoms with Gasteiger partial charge in [0.1, 0.15) is 10.6 Å². The standard InChI is InChI=1S/C14H12F3NO3S2/c1-22-11-6-4-5-10(9-11)18-23(19,20)13-8-3-2-7-12(13)21-14(15,16)17/h2-9,18H,1H3. The van der Waals surface area contributed by atoms with Crippen molar-refractivity contribution in [3.8, 4) is 5.75 Å². The summed E-state index contributed by atoms with van der Waals surface area (Å²) in [5, 5.41) is 0. The Morgan fingerprint density at radius 3 is 2.43 bits per heavy atom. The van der Waals surface area contributed by atoms with E-state index < -0.39 is 27.0 Å². The second-order valence-corrected chi connectivity index (χ2v) is 6.86. The average molecular weight is 363 g/mol. The van der Waals surface area contributed by atoms with Crippen LogP contribution in [-0.2, 0) is 10.0 Å². The van der Waals surface area contributed by atoms with Gasteiger partial charge in [-0.05, 0) is 36.6 Å². The fourth-order valence-corrected chi connectivity index (χ4v) is 3.42. The molecule has 4 nitrogen and oxygen atoms in total. The predicted octanol–water partition coefficient (Wildman–Crippen LogP) is 4.11. The number of nitrogens with one attached hydrogen (secondary N) is 1. The number of benzene rings is 2. The molecule has 2 aromatic carbocycles. The smallest absolute Gasteiger partial charge is 0.404 e. The molecule has 0 saturated carbocycles. The van der Waals surface area contributed by atoms with E-state index in [1.807, 2.05) is 6.26 Å². The minimum atomic E-state index is -4.98. The van der Waals surface area contributed by atoms with E-state index in [1.54, 1.807) is 18.2 Å². The lowest BCUT2D eigenvalue weighted by Crippen LogP contribution is -2.20. The molecule has 0 radical (unpaired) electrons. The van der Waals surface area contributed by atoms with Gasteiger partial charge in [0.2, 0.25) is 0 Å². The van der Waals surface area contributed by atoms with Crippen LogP contribution in [-0.4, -0.2) is 21.0 Å². The molecular formula is C14H12F3NO3S2. The molecule has 0 amide bonds. The largest absolute Gasteiger partial charge is 0.573 e. The third kappa shape index (κ3) is 4.80. The van der Waals surface area contributed by atoms with Crippen LogP contribution in [0.25, 0.3) is 0 Å². The molecule has 1 N–H and O–H groups in total. The summed E-state index contributed by atoms with van der Waals surface area (Å²) in [5.74, 6) is -0.784. The number of thioether (sulfide) groups is 1. The summed E-state index contributed by atoms with van der Waals surface area (Å²) >= 11 is 1.41. The molecule has 0 aromatic heterocycles. The van der Waals surface area contributed by atoms with Crippen molar-refractivity contribution in [3.63, 3.8) is 0 Å². The van der Waals surface area contributed by atoms with Gasteiger partial charge >= 0.3 is 6.36 Å². The normalized spacial score (nSPS) is 12.0. The quantitative estimate of drug-likeness (QED) is 0.813. The van der Waals surface area contributed by atoms with Gasteiger partial charge in [0.25, 0.3) is 10.0 Å². The SMILES string of the molecule is CSc1cccc(NS(=O)(=O)c2ccccc2OC(F)(F)F)c1. The Bertz CT molecular complexity index is 792. The highest BCUT2D eigenvalue weighted by Crippen LogP contribution is 2.31. The second kappa shape index (κ2) is 6.71. The zero-order valence-electron chi connectivity index (χ0n) is 11.8. The van der Waals surface area contributed by atoms with Crippen LogP contribution in [0.15, 0.2) is 58.3 Å². The van der Waals surface area contributed by atoms with Gasteiger partial charge in [0.05, 0.1) is 0 Å². The van der Waals surface area contributed by atoms with Crippen LogP contribution in [0, 0.1) is 0 Å². The first-order valence-corrected chi connectivity index (χ1v) is 8.94. The maximum absolute atomic E-state index is 12.4. The number of ether oxygens (including phenoxy) is 1. The Kier molecular flexibility index (Phi) is 5.10. The molecule has 0 aliphatic rings. The number of hydrogen-bond acceptors (Lipinski definition) is 4. The molecule has 0 bridgehead atoms. The summed E-state index contributed by atoms with van der Waals surface area (Å²) in [6.45, 7) is 0. The van der Waals surface area contributed by atoms with E-state index in [0.717, 1.165) is 17.0 Å². The highest BCUT2D eigenvalue weighted by Gasteiger charge is 2.34. The molecule has 0 heterocycles. The van der Waals surface area contributed by atoms with E-state index >= 15 is 0 Å². The molecule has 124 valence electrons. The van der Waals surface area contributed by atoms with Crippen molar-refractivity contribution in [2.75, 3.05) is 11.0 Å². The molecule has 2 rings (SSSR count). The maximum atomic E-state index is 12.4. The zero-order chi connectivity index (χ0) is 17.1. The van der Waals surface area contributed by atoms with E-state index in [1.165, 1.54) is 30.0 Å². The van der Waals surface area contributed by atoms with Gasteiger partial charge in [-0.25, -0.2) is 8.42 Å². The van der Waals surface area contributed by atoms with Crippen molar-refractivity contribution in [2.24, 2.45) is 0 Å². The number of anilines is 1. The minimum Gasteiger partial charge on any atom is -0.404 e. The van der Waals surface area contributed by atoms with Crippen molar-refractivity contribution in [3.05, 3.63) is 48.5 Å². The van der Waals surface area contributed by atoms with Crippen molar-refractivity contribution in [2.45, 2.75) is 16.2 Å². The van der Waals surface area contributed by atoms with Gasteiger partial charge < -0.3 is 4.74 Å². The van der Waals surface area contributed by atoms with Crippen LogP contribution in [0.2, 0.25) is 0 Å². The monoisotopic (exact) mass is 363 g/mol. The van der Waals surface area contributed by atoms with Crippen LogP contribution in [0.4, 0.5) is 18.9 Å². The lowest BCUT2D eigenvalue weighted by molar-refractivity contribution is -0.275. The Balaban J connectivity index is 2.36. The van der Waals surface area contributed by atoms with E-state index in [4.69, 9.17) is 0 Å². The number of alkyl halides is 3. The number of rotatable bonds is 5. The van der Waals surface area contributed by atoms with Crippen LogP contribution in [0.5, 0.6) is 5.75 Å². The van der Waals surface area contributed by atoms with Crippen molar-refractivity contribution in [1.29, 1.82) is 0 Å². The van der Waals surface area contributed by atoms with Crippen LogP contribution in [0.3, 0.4) is 0 Å². The molecule has 0 aliphatic heterocycles. The van der Waals surface area contributed by atoms with Gasteiger partial charge in [-0.3, -0.25) is 4.72 Å². The maximum Gasteiger partial charge on any atom is 0.573 e. The first kappa shape index (κ1) is 17.5. The van der Waals surface area contributed by atoms with Gasteiger partial charge in [0, 0.05) is 10.6 Å². The summed E-state index contributed by atoms with van der Waals surface area (Å²) in [6, 6.07) is 11.1. The van der Waals surface area contributed by atoms with E-state index in [0.29, 0.717) is 0 Å². The molecule has 0 unspecified atom stereocenters. The number of sulfonamides is 1. The van der Waals surface area contributed by atoms with E-state index in [9.17, 15) is 21.6 Å². The molecule has 0 spiro atoms. The Labute approximate surface area is 135 Å². The van der Waals surface area contributed by atoms with Gasteiger partial charge in [-0.2, -0.15) is 0 Å². The first-order valence-electron chi connectivity index (χ1n) is 6.23. The topological polar surface area (TPSA) is 55.4 Å². The summed E-state index contributed by atoms with van der Waals surface area (Å²) in [4.78, 5) is 0.219. The molecule has 23 heavy (non-hydrogen) atoms. The summed E-state index contributed by atoms with van der Waals surface area (Å²) < 4.78 is 67.9. The van der Waals surface area contributed by atoms with Gasteiger partial charge in [0.15, 0.2) is 0 Å². The third-order valence-corrected chi connectivity index (χ3v) is 4.83. The van der Waals surface area contributed by atoms with Crippen LogP contribution >= 0.6 is 11.8 Å². The Morgan fingerprint density at radius 1 is 1.09 bits per heavy atom. The van der Waals surface area contributed by atoms with Crippen molar-refractivity contribution < 1.29 is 26.3 Å². The van der Waals surface area contributed by atoms with Crippen molar-refractivity contribution >= 4 is 27.5 Å².